The normalized spacial score (nSPS) is 10.7. The molecular formula is C16H15N3O3. The number of rotatable bonds is 3. The highest BCUT2D eigenvalue weighted by molar-refractivity contribution is 5.91. The van der Waals surface area contributed by atoms with Crippen LogP contribution < -0.4 is 0 Å². The van der Waals surface area contributed by atoms with Crippen LogP contribution in [0, 0.1) is 13.8 Å². The first kappa shape index (κ1) is 14.1. The zero-order valence-electron chi connectivity index (χ0n) is 12.5. The minimum absolute atomic E-state index is 0.104. The number of aryl methyl sites for hydroxylation is 2. The quantitative estimate of drug-likeness (QED) is 0.695. The van der Waals surface area contributed by atoms with Gasteiger partial charge in [-0.1, -0.05) is 18.2 Å². The zero-order chi connectivity index (χ0) is 15.7. The summed E-state index contributed by atoms with van der Waals surface area (Å²) < 4.78 is 12.1. The van der Waals surface area contributed by atoms with Crippen molar-refractivity contribution in [2.24, 2.45) is 0 Å². The van der Waals surface area contributed by atoms with Crippen LogP contribution in [0.2, 0.25) is 0 Å². The number of ether oxygens (including phenoxy) is 1. The number of methoxy groups -OCH3 is 1. The predicted molar refractivity (Wildman–Crippen MR) is 79.9 cm³/mol. The Bertz CT molecular complexity index is 819. The van der Waals surface area contributed by atoms with Crippen molar-refractivity contribution in [1.82, 2.24) is 14.8 Å². The lowest BCUT2D eigenvalue weighted by molar-refractivity contribution is 0.0594. The molecule has 0 saturated carbocycles. The van der Waals surface area contributed by atoms with Gasteiger partial charge in [-0.15, -0.1) is 0 Å². The summed E-state index contributed by atoms with van der Waals surface area (Å²) in [6.45, 7) is 3.75. The number of hydrogen-bond acceptors (Lipinski definition) is 5. The molecule has 0 aliphatic heterocycles. The number of benzene rings is 1. The smallest absolute Gasteiger partial charge is 0.362 e. The molecule has 6 nitrogen and oxygen atoms in total. The molecule has 0 fully saturated rings. The highest BCUT2D eigenvalue weighted by atomic mass is 16.5. The van der Waals surface area contributed by atoms with E-state index in [0.717, 1.165) is 17.0 Å². The van der Waals surface area contributed by atoms with Crippen molar-refractivity contribution in [1.29, 1.82) is 0 Å². The zero-order valence-corrected chi connectivity index (χ0v) is 12.5. The molecule has 112 valence electrons. The van der Waals surface area contributed by atoms with Crippen molar-refractivity contribution >= 4 is 5.97 Å². The van der Waals surface area contributed by atoms with Gasteiger partial charge < -0.3 is 9.15 Å². The van der Waals surface area contributed by atoms with E-state index in [4.69, 9.17) is 9.15 Å². The molecule has 0 spiro atoms. The molecule has 22 heavy (non-hydrogen) atoms. The van der Waals surface area contributed by atoms with Gasteiger partial charge in [0.2, 0.25) is 11.6 Å². The minimum atomic E-state index is -0.562. The van der Waals surface area contributed by atoms with Crippen LogP contribution in [0.3, 0.4) is 0 Å². The Morgan fingerprint density at radius 3 is 2.55 bits per heavy atom. The molecule has 3 rings (SSSR count). The van der Waals surface area contributed by atoms with Crippen LogP contribution in [0.1, 0.15) is 21.9 Å². The number of carbonyl (C=O) groups is 1. The van der Waals surface area contributed by atoms with Gasteiger partial charge in [-0.05, 0) is 32.0 Å². The molecule has 0 bridgehead atoms. The van der Waals surface area contributed by atoms with E-state index in [0.29, 0.717) is 5.89 Å². The second kappa shape index (κ2) is 5.48. The third kappa shape index (κ3) is 2.39. The largest absolute Gasteiger partial charge is 0.464 e. The molecule has 0 saturated heterocycles. The first-order valence-electron chi connectivity index (χ1n) is 6.78. The summed E-state index contributed by atoms with van der Waals surface area (Å²) in [6, 6.07) is 11.3. The Labute approximate surface area is 127 Å². The van der Waals surface area contributed by atoms with Crippen LogP contribution >= 0.6 is 0 Å². The molecule has 3 aromatic rings. The summed E-state index contributed by atoms with van der Waals surface area (Å²) in [5.41, 5.74) is 2.55. The lowest BCUT2D eigenvalue weighted by Crippen LogP contribution is -2.08. The van der Waals surface area contributed by atoms with Crippen LogP contribution in [0.15, 0.2) is 40.8 Å². The molecule has 0 unspecified atom stereocenters. The van der Waals surface area contributed by atoms with Gasteiger partial charge in [-0.2, -0.15) is 10.1 Å². The number of nitrogens with zero attached hydrogens (tertiary/aromatic N) is 3. The predicted octanol–water partition coefficient (Wildman–Crippen LogP) is 2.93. The summed E-state index contributed by atoms with van der Waals surface area (Å²) in [6.07, 6.45) is 0. The molecule has 2 heterocycles. The monoisotopic (exact) mass is 297 g/mol. The summed E-state index contributed by atoms with van der Waals surface area (Å²) in [5, 5.41) is 4.34. The maximum atomic E-state index is 12.0. The van der Waals surface area contributed by atoms with Gasteiger partial charge in [0.15, 0.2) is 0 Å². The van der Waals surface area contributed by atoms with E-state index in [2.05, 4.69) is 10.1 Å². The molecule has 0 N–H and O–H groups in total. The van der Waals surface area contributed by atoms with Crippen molar-refractivity contribution in [3.63, 3.8) is 0 Å². The number of aromatic nitrogens is 3. The molecule has 6 heteroatoms. The number of oxazole rings is 1. The van der Waals surface area contributed by atoms with Crippen LogP contribution in [0.25, 0.3) is 17.3 Å². The fourth-order valence-corrected chi connectivity index (χ4v) is 2.22. The van der Waals surface area contributed by atoms with Gasteiger partial charge in [0.1, 0.15) is 0 Å². The van der Waals surface area contributed by atoms with E-state index in [1.165, 1.54) is 7.11 Å². The van der Waals surface area contributed by atoms with E-state index in [9.17, 15) is 4.79 Å². The van der Waals surface area contributed by atoms with Gasteiger partial charge in [0, 0.05) is 11.3 Å². The van der Waals surface area contributed by atoms with Crippen molar-refractivity contribution in [3.8, 4) is 17.3 Å². The Balaban J connectivity index is 2.18. The molecular weight excluding hydrogens is 282 g/mol. The maximum Gasteiger partial charge on any atom is 0.362 e. The van der Waals surface area contributed by atoms with Crippen molar-refractivity contribution in [3.05, 3.63) is 53.5 Å². The molecule has 0 atom stereocenters. The first-order chi connectivity index (χ1) is 10.6. The molecule has 0 radical (unpaired) electrons. The van der Waals surface area contributed by atoms with Crippen molar-refractivity contribution in [2.45, 2.75) is 13.8 Å². The van der Waals surface area contributed by atoms with Crippen LogP contribution in [-0.2, 0) is 4.74 Å². The fraction of sp³-hybridized carbons (Fsp3) is 0.188. The molecule has 2 aromatic heterocycles. The minimum Gasteiger partial charge on any atom is -0.464 e. The van der Waals surface area contributed by atoms with Crippen molar-refractivity contribution < 1.29 is 13.9 Å². The Morgan fingerprint density at radius 2 is 1.95 bits per heavy atom. The molecule has 1 aromatic carbocycles. The standard InChI is InChI=1S/C16H15N3O3/c1-10-9-11(2)19(18-10)15-13(16(20)21-3)17-14(22-15)12-7-5-4-6-8-12/h4-9H,1-3H3. The van der Waals surface area contributed by atoms with E-state index in [-0.39, 0.29) is 11.6 Å². The second-order valence-electron chi connectivity index (χ2n) is 4.87. The van der Waals surface area contributed by atoms with Gasteiger partial charge in [-0.25, -0.2) is 9.48 Å². The summed E-state index contributed by atoms with van der Waals surface area (Å²) in [7, 11) is 1.31. The van der Waals surface area contributed by atoms with Gasteiger partial charge >= 0.3 is 5.97 Å². The second-order valence-corrected chi connectivity index (χ2v) is 4.87. The Morgan fingerprint density at radius 1 is 1.23 bits per heavy atom. The topological polar surface area (TPSA) is 70.2 Å². The number of hydrogen-bond donors (Lipinski definition) is 0. The number of carbonyl (C=O) groups excluding carboxylic acids is 1. The maximum absolute atomic E-state index is 12.0. The Hall–Kier alpha value is -2.89. The lowest BCUT2D eigenvalue weighted by atomic mass is 10.2. The van der Waals surface area contributed by atoms with E-state index >= 15 is 0 Å². The van der Waals surface area contributed by atoms with Gasteiger partial charge in [-0.3, -0.25) is 0 Å². The fourth-order valence-electron chi connectivity index (χ4n) is 2.22. The summed E-state index contributed by atoms with van der Waals surface area (Å²) >= 11 is 0. The van der Waals surface area contributed by atoms with Crippen LogP contribution in [0.5, 0.6) is 0 Å². The van der Waals surface area contributed by atoms with E-state index in [1.807, 2.05) is 50.2 Å². The first-order valence-corrected chi connectivity index (χ1v) is 6.78. The SMILES string of the molecule is COC(=O)c1nc(-c2ccccc2)oc1-n1nc(C)cc1C. The highest BCUT2D eigenvalue weighted by Crippen LogP contribution is 2.26. The third-order valence-corrected chi connectivity index (χ3v) is 3.21. The third-order valence-electron chi connectivity index (χ3n) is 3.21. The van der Waals surface area contributed by atoms with E-state index in [1.54, 1.807) is 4.68 Å². The summed E-state index contributed by atoms with van der Waals surface area (Å²) in [4.78, 5) is 16.3. The summed E-state index contributed by atoms with van der Waals surface area (Å²) in [5.74, 6) is 0.0494. The average molecular weight is 297 g/mol. The van der Waals surface area contributed by atoms with Crippen molar-refractivity contribution in [2.75, 3.05) is 7.11 Å². The molecule has 0 amide bonds. The van der Waals surface area contributed by atoms with Crippen LogP contribution in [0.4, 0.5) is 0 Å². The molecule has 0 aliphatic rings. The lowest BCUT2D eigenvalue weighted by Gasteiger charge is -2.01. The molecule has 0 aliphatic carbocycles. The van der Waals surface area contributed by atoms with E-state index < -0.39 is 5.97 Å². The number of esters is 1. The highest BCUT2D eigenvalue weighted by Gasteiger charge is 2.24. The van der Waals surface area contributed by atoms with Gasteiger partial charge in [0.05, 0.1) is 12.8 Å². The Kier molecular flexibility index (Phi) is 3.50. The van der Waals surface area contributed by atoms with Gasteiger partial charge in [0.25, 0.3) is 5.88 Å². The average Bonchev–Trinajstić information content (AvgIpc) is 3.10. The van der Waals surface area contributed by atoms with Crippen LogP contribution in [-0.4, -0.2) is 27.8 Å².